The van der Waals surface area contributed by atoms with Crippen LogP contribution in [0.1, 0.15) is 0 Å². The molecule has 2 heterocycles. The molecule has 0 fully saturated rings. The van der Waals surface area contributed by atoms with Gasteiger partial charge in [0.2, 0.25) is 0 Å². The van der Waals surface area contributed by atoms with E-state index in [1.54, 1.807) is 36.8 Å². The average Bonchev–Trinajstić information content (AvgIpc) is 3.41. The average molecular weight is 361 g/mol. The number of carbonyl (C=O) groups is 1. The molecule has 4 aromatic rings. The highest BCUT2D eigenvalue weighted by atomic mass is 16.5. The molecule has 0 unspecified atom stereocenters. The molecule has 0 aliphatic carbocycles. The van der Waals surface area contributed by atoms with E-state index in [9.17, 15) is 4.79 Å². The van der Waals surface area contributed by atoms with Crippen molar-refractivity contribution < 1.29 is 9.53 Å². The lowest BCUT2D eigenvalue weighted by Crippen LogP contribution is -2.20. The van der Waals surface area contributed by atoms with Crippen molar-refractivity contribution in [3.8, 4) is 22.7 Å². The van der Waals surface area contributed by atoms with Crippen molar-refractivity contribution >= 4 is 11.6 Å². The van der Waals surface area contributed by atoms with Crippen LogP contribution in [0.2, 0.25) is 0 Å². The Labute approximate surface area is 154 Å². The first-order valence-electron chi connectivity index (χ1n) is 8.13. The molecule has 0 bridgehead atoms. The first-order chi connectivity index (χ1) is 13.3. The molecular weight excluding hydrogens is 346 g/mol. The summed E-state index contributed by atoms with van der Waals surface area (Å²) in [6.07, 6.45) is 4.84. The van der Waals surface area contributed by atoms with Crippen LogP contribution in [0.25, 0.3) is 16.9 Å². The molecule has 0 spiro atoms. The van der Waals surface area contributed by atoms with Crippen molar-refractivity contribution in [3.05, 3.63) is 67.4 Å². The fraction of sp³-hybridized carbons (Fsp3) is 0.0556. The molecule has 2 N–H and O–H groups in total. The molecule has 9 nitrogen and oxygen atoms in total. The van der Waals surface area contributed by atoms with E-state index in [0.29, 0.717) is 11.4 Å². The molecule has 0 radical (unpaired) electrons. The van der Waals surface area contributed by atoms with Gasteiger partial charge in [0.1, 0.15) is 12.1 Å². The van der Waals surface area contributed by atoms with E-state index < -0.39 is 0 Å². The van der Waals surface area contributed by atoms with Gasteiger partial charge in [0.25, 0.3) is 5.91 Å². The van der Waals surface area contributed by atoms with Gasteiger partial charge in [-0.1, -0.05) is 12.1 Å². The fourth-order valence-corrected chi connectivity index (χ4v) is 2.50. The number of aromatic nitrogens is 6. The maximum atomic E-state index is 12.2. The third-order valence-corrected chi connectivity index (χ3v) is 3.78. The maximum absolute atomic E-state index is 12.2. The quantitative estimate of drug-likeness (QED) is 0.544. The molecule has 4 rings (SSSR count). The summed E-state index contributed by atoms with van der Waals surface area (Å²) in [6, 6.07) is 14.6. The molecule has 1 amide bonds. The van der Waals surface area contributed by atoms with E-state index in [1.165, 1.54) is 11.0 Å². The van der Waals surface area contributed by atoms with Gasteiger partial charge in [-0.2, -0.15) is 0 Å². The van der Waals surface area contributed by atoms with Crippen molar-refractivity contribution in [1.82, 2.24) is 30.2 Å². The lowest BCUT2D eigenvalue weighted by molar-refractivity contribution is -0.118. The fourth-order valence-electron chi connectivity index (χ4n) is 2.50. The Balaban J connectivity index is 1.34. The number of nitrogens with zero attached hydrogens (tertiary/aromatic N) is 5. The van der Waals surface area contributed by atoms with Gasteiger partial charge in [-0.3, -0.25) is 4.79 Å². The zero-order valence-electron chi connectivity index (χ0n) is 14.1. The van der Waals surface area contributed by atoms with E-state index in [-0.39, 0.29) is 12.5 Å². The highest BCUT2D eigenvalue weighted by molar-refractivity contribution is 5.92. The number of benzene rings is 2. The monoisotopic (exact) mass is 361 g/mol. The van der Waals surface area contributed by atoms with Crippen molar-refractivity contribution in [2.75, 3.05) is 11.9 Å². The molecule has 0 atom stereocenters. The van der Waals surface area contributed by atoms with Gasteiger partial charge in [0.15, 0.2) is 6.61 Å². The summed E-state index contributed by atoms with van der Waals surface area (Å²) in [4.78, 5) is 19.2. The summed E-state index contributed by atoms with van der Waals surface area (Å²) in [5, 5.41) is 13.8. The van der Waals surface area contributed by atoms with Crippen molar-refractivity contribution in [3.63, 3.8) is 0 Å². The third-order valence-electron chi connectivity index (χ3n) is 3.78. The Hall–Kier alpha value is -4.01. The normalized spacial score (nSPS) is 10.5. The number of nitrogens with one attached hydrogen (secondary N) is 2. The van der Waals surface area contributed by atoms with E-state index in [4.69, 9.17) is 4.74 Å². The van der Waals surface area contributed by atoms with Gasteiger partial charge in [-0.15, -0.1) is 5.10 Å². The Morgan fingerprint density at radius 1 is 1.19 bits per heavy atom. The molecule has 0 saturated carbocycles. The Kier molecular flexibility index (Phi) is 4.56. The van der Waals surface area contributed by atoms with Crippen LogP contribution in [0.5, 0.6) is 5.75 Å². The van der Waals surface area contributed by atoms with Crippen LogP contribution in [-0.2, 0) is 4.79 Å². The van der Waals surface area contributed by atoms with Crippen LogP contribution in [0.15, 0.2) is 67.4 Å². The van der Waals surface area contributed by atoms with Gasteiger partial charge < -0.3 is 15.0 Å². The minimum atomic E-state index is -0.249. The predicted molar refractivity (Wildman–Crippen MR) is 97.3 cm³/mol. The van der Waals surface area contributed by atoms with Gasteiger partial charge in [0.05, 0.1) is 23.9 Å². The molecule has 0 saturated heterocycles. The molecule has 2 aromatic carbocycles. The molecule has 0 aliphatic rings. The topological polar surface area (TPSA) is 111 Å². The smallest absolute Gasteiger partial charge is 0.262 e. The van der Waals surface area contributed by atoms with Crippen LogP contribution >= 0.6 is 0 Å². The second-order valence-electron chi connectivity index (χ2n) is 5.63. The van der Waals surface area contributed by atoms with E-state index in [0.717, 1.165) is 16.9 Å². The summed E-state index contributed by atoms with van der Waals surface area (Å²) in [5.41, 5.74) is 3.30. The van der Waals surface area contributed by atoms with Crippen LogP contribution in [0.4, 0.5) is 5.69 Å². The van der Waals surface area contributed by atoms with Crippen molar-refractivity contribution in [2.24, 2.45) is 0 Å². The molecule has 27 heavy (non-hydrogen) atoms. The number of hydrogen-bond donors (Lipinski definition) is 2. The Bertz CT molecular complexity index is 1010. The van der Waals surface area contributed by atoms with E-state index in [2.05, 4.69) is 30.8 Å². The summed E-state index contributed by atoms with van der Waals surface area (Å²) in [7, 11) is 0. The first-order valence-corrected chi connectivity index (χ1v) is 8.13. The van der Waals surface area contributed by atoms with E-state index >= 15 is 0 Å². The van der Waals surface area contributed by atoms with Gasteiger partial charge >= 0.3 is 0 Å². The predicted octanol–water partition coefficient (Wildman–Crippen LogP) is 2.07. The number of tetrazole rings is 1. The number of aromatic amines is 1. The number of anilines is 1. The number of rotatable bonds is 6. The molecule has 0 aliphatic heterocycles. The minimum Gasteiger partial charge on any atom is -0.484 e. The largest absolute Gasteiger partial charge is 0.484 e. The summed E-state index contributed by atoms with van der Waals surface area (Å²) in [5.74, 6) is 0.328. The number of ether oxygens (including phenoxy) is 1. The Morgan fingerprint density at radius 3 is 2.81 bits per heavy atom. The summed E-state index contributed by atoms with van der Waals surface area (Å²) >= 11 is 0. The number of amides is 1. The van der Waals surface area contributed by atoms with Crippen molar-refractivity contribution in [1.29, 1.82) is 0 Å². The lowest BCUT2D eigenvalue weighted by Gasteiger charge is -2.09. The van der Waals surface area contributed by atoms with Crippen LogP contribution in [-0.4, -0.2) is 42.7 Å². The molecule has 9 heteroatoms. The minimum absolute atomic E-state index is 0.0987. The van der Waals surface area contributed by atoms with Gasteiger partial charge in [0, 0.05) is 11.3 Å². The number of carbonyl (C=O) groups excluding carboxylic acids is 1. The SMILES string of the molecule is O=C(COc1ccc(-n2cnnn2)cc1)Nc1cccc(-c2cnc[nH]2)c1. The summed E-state index contributed by atoms with van der Waals surface area (Å²) in [6.45, 7) is -0.0987. The van der Waals surface area contributed by atoms with E-state index in [1.807, 2.05) is 24.3 Å². The standard InChI is InChI=1S/C18H15N7O2/c26-18(22-14-3-1-2-13(8-14)17-9-19-11-20-17)10-27-16-6-4-15(5-7-16)25-12-21-23-24-25/h1-9,11-12H,10H2,(H,19,20)(H,22,26). The second-order valence-corrected chi connectivity index (χ2v) is 5.63. The Morgan fingerprint density at radius 2 is 2.07 bits per heavy atom. The number of imidazole rings is 1. The first kappa shape index (κ1) is 16.5. The zero-order valence-corrected chi connectivity index (χ0v) is 14.1. The van der Waals surface area contributed by atoms with Crippen LogP contribution in [0, 0.1) is 0 Å². The van der Waals surface area contributed by atoms with Crippen LogP contribution in [0.3, 0.4) is 0 Å². The number of H-pyrrole nitrogens is 1. The second kappa shape index (κ2) is 7.48. The zero-order chi connectivity index (χ0) is 18.5. The molecule has 2 aromatic heterocycles. The number of hydrogen-bond acceptors (Lipinski definition) is 6. The van der Waals surface area contributed by atoms with Gasteiger partial charge in [-0.25, -0.2) is 9.67 Å². The molecule has 134 valence electrons. The lowest BCUT2D eigenvalue weighted by atomic mass is 10.1. The molecular formula is C18H15N7O2. The highest BCUT2D eigenvalue weighted by Crippen LogP contribution is 2.20. The van der Waals surface area contributed by atoms with Crippen molar-refractivity contribution in [2.45, 2.75) is 0 Å². The maximum Gasteiger partial charge on any atom is 0.262 e. The highest BCUT2D eigenvalue weighted by Gasteiger charge is 2.06. The van der Waals surface area contributed by atoms with Gasteiger partial charge in [-0.05, 0) is 46.8 Å². The summed E-state index contributed by atoms with van der Waals surface area (Å²) < 4.78 is 7.06. The third kappa shape index (κ3) is 3.98. The van der Waals surface area contributed by atoms with Crippen LogP contribution < -0.4 is 10.1 Å².